The number of sulfonamides is 1. The maximum absolute atomic E-state index is 12.7. The SMILES string of the molecule is COc1cc(Cl)c(C)cc1NC(=O)c1cccc(S(=O)(=O)Nc2ccccc2Cl)c1. The molecule has 3 rings (SSSR count). The molecule has 1 amide bonds. The van der Waals surface area contributed by atoms with Crippen LogP contribution in [-0.2, 0) is 10.0 Å². The van der Waals surface area contributed by atoms with Gasteiger partial charge in [-0.05, 0) is 48.9 Å². The molecule has 156 valence electrons. The number of para-hydroxylation sites is 1. The van der Waals surface area contributed by atoms with Crippen molar-refractivity contribution in [2.45, 2.75) is 11.8 Å². The van der Waals surface area contributed by atoms with Gasteiger partial charge in [0.05, 0.1) is 28.4 Å². The highest BCUT2D eigenvalue weighted by atomic mass is 35.5. The van der Waals surface area contributed by atoms with E-state index in [1.165, 1.54) is 31.4 Å². The number of benzene rings is 3. The van der Waals surface area contributed by atoms with E-state index in [4.69, 9.17) is 27.9 Å². The lowest BCUT2D eigenvalue weighted by atomic mass is 10.1. The van der Waals surface area contributed by atoms with Gasteiger partial charge < -0.3 is 10.1 Å². The van der Waals surface area contributed by atoms with Gasteiger partial charge in [-0.15, -0.1) is 0 Å². The molecule has 30 heavy (non-hydrogen) atoms. The molecule has 2 N–H and O–H groups in total. The van der Waals surface area contributed by atoms with Crippen molar-refractivity contribution in [3.05, 3.63) is 81.8 Å². The zero-order chi connectivity index (χ0) is 21.9. The van der Waals surface area contributed by atoms with Gasteiger partial charge in [0.1, 0.15) is 5.75 Å². The molecule has 0 unspecified atom stereocenters. The largest absolute Gasteiger partial charge is 0.495 e. The number of amides is 1. The minimum atomic E-state index is -3.95. The lowest BCUT2D eigenvalue weighted by Crippen LogP contribution is -2.16. The van der Waals surface area contributed by atoms with Crippen molar-refractivity contribution in [1.82, 2.24) is 0 Å². The summed E-state index contributed by atoms with van der Waals surface area (Å²) in [7, 11) is -2.48. The molecule has 0 bridgehead atoms. The molecule has 0 spiro atoms. The van der Waals surface area contributed by atoms with E-state index >= 15 is 0 Å². The zero-order valence-electron chi connectivity index (χ0n) is 16.1. The smallest absolute Gasteiger partial charge is 0.261 e. The van der Waals surface area contributed by atoms with Crippen LogP contribution in [-0.4, -0.2) is 21.4 Å². The van der Waals surface area contributed by atoms with Crippen molar-refractivity contribution in [3.63, 3.8) is 0 Å². The summed E-state index contributed by atoms with van der Waals surface area (Å²) in [6.07, 6.45) is 0. The maximum atomic E-state index is 12.7. The van der Waals surface area contributed by atoms with Crippen molar-refractivity contribution in [2.75, 3.05) is 17.1 Å². The Morgan fingerprint density at radius 1 is 0.933 bits per heavy atom. The fraction of sp³-hybridized carbons (Fsp3) is 0.0952. The summed E-state index contributed by atoms with van der Waals surface area (Å²) >= 11 is 12.1. The standard InChI is InChI=1S/C21H18Cl2N2O4S/c1-13-10-19(20(29-2)12-17(13)23)24-21(26)14-6-5-7-15(11-14)30(27,28)25-18-9-4-3-8-16(18)22/h3-12,25H,1-2H3,(H,24,26). The lowest BCUT2D eigenvalue weighted by Gasteiger charge is -2.13. The van der Waals surface area contributed by atoms with Crippen molar-refractivity contribution < 1.29 is 17.9 Å². The molecule has 3 aromatic carbocycles. The number of carbonyl (C=O) groups excluding carboxylic acids is 1. The van der Waals surface area contributed by atoms with Gasteiger partial charge in [0.15, 0.2) is 0 Å². The molecule has 0 atom stereocenters. The van der Waals surface area contributed by atoms with E-state index in [0.29, 0.717) is 16.5 Å². The van der Waals surface area contributed by atoms with Crippen LogP contribution in [0.5, 0.6) is 5.75 Å². The second-order valence-electron chi connectivity index (χ2n) is 6.37. The van der Waals surface area contributed by atoms with E-state index in [1.54, 1.807) is 43.3 Å². The van der Waals surface area contributed by atoms with Gasteiger partial charge in [0.2, 0.25) is 0 Å². The number of hydrogen-bond acceptors (Lipinski definition) is 4. The minimum Gasteiger partial charge on any atom is -0.495 e. The third-order valence-electron chi connectivity index (χ3n) is 4.25. The molecule has 3 aromatic rings. The average Bonchev–Trinajstić information content (AvgIpc) is 2.72. The highest BCUT2D eigenvalue weighted by molar-refractivity contribution is 7.92. The first-order valence-corrected chi connectivity index (χ1v) is 11.0. The molecule has 0 saturated carbocycles. The molecule has 0 aliphatic heterocycles. The van der Waals surface area contributed by atoms with Gasteiger partial charge in [-0.2, -0.15) is 0 Å². The third kappa shape index (κ3) is 4.87. The molecule has 0 heterocycles. The fourth-order valence-electron chi connectivity index (χ4n) is 2.68. The second kappa shape index (κ2) is 8.95. The van der Waals surface area contributed by atoms with Gasteiger partial charge in [-0.3, -0.25) is 9.52 Å². The molecular formula is C21H18Cl2N2O4S. The van der Waals surface area contributed by atoms with Crippen LogP contribution >= 0.6 is 23.2 Å². The predicted octanol–water partition coefficient (Wildman–Crippen LogP) is 5.36. The summed E-state index contributed by atoms with van der Waals surface area (Å²) in [6.45, 7) is 1.80. The van der Waals surface area contributed by atoms with E-state index in [2.05, 4.69) is 10.0 Å². The van der Waals surface area contributed by atoms with Crippen LogP contribution in [0.4, 0.5) is 11.4 Å². The molecular weight excluding hydrogens is 447 g/mol. The van der Waals surface area contributed by atoms with Crippen molar-refractivity contribution in [1.29, 1.82) is 0 Å². The number of ether oxygens (including phenoxy) is 1. The number of aryl methyl sites for hydroxylation is 1. The van der Waals surface area contributed by atoms with Crippen LogP contribution in [0.25, 0.3) is 0 Å². The van der Waals surface area contributed by atoms with Crippen molar-refractivity contribution in [3.8, 4) is 5.75 Å². The Balaban J connectivity index is 1.87. The first-order valence-electron chi connectivity index (χ1n) is 8.74. The summed E-state index contributed by atoms with van der Waals surface area (Å²) in [5, 5.41) is 3.49. The quantitative estimate of drug-likeness (QED) is 0.513. The molecule has 0 aliphatic carbocycles. The van der Waals surface area contributed by atoms with Crippen LogP contribution in [0.15, 0.2) is 65.6 Å². The van der Waals surface area contributed by atoms with Gasteiger partial charge in [-0.25, -0.2) is 8.42 Å². The summed E-state index contributed by atoms with van der Waals surface area (Å²) in [5.41, 5.74) is 1.59. The molecule has 0 fully saturated rings. The van der Waals surface area contributed by atoms with E-state index < -0.39 is 15.9 Å². The van der Waals surface area contributed by atoms with Crippen LogP contribution < -0.4 is 14.8 Å². The number of anilines is 2. The number of nitrogens with one attached hydrogen (secondary N) is 2. The number of hydrogen-bond donors (Lipinski definition) is 2. The van der Waals surface area contributed by atoms with Crippen LogP contribution in [0, 0.1) is 6.92 Å². The molecule has 0 radical (unpaired) electrons. The average molecular weight is 465 g/mol. The zero-order valence-corrected chi connectivity index (χ0v) is 18.4. The number of methoxy groups -OCH3 is 1. The topological polar surface area (TPSA) is 84.5 Å². The van der Waals surface area contributed by atoms with Crippen LogP contribution in [0.3, 0.4) is 0 Å². The number of halogens is 2. The Bertz CT molecular complexity index is 1210. The summed E-state index contributed by atoms with van der Waals surface area (Å²) < 4.78 is 33.1. The van der Waals surface area contributed by atoms with Gasteiger partial charge in [0.25, 0.3) is 15.9 Å². The van der Waals surface area contributed by atoms with E-state index in [1.807, 2.05) is 0 Å². The minimum absolute atomic E-state index is 0.0747. The van der Waals surface area contributed by atoms with E-state index in [0.717, 1.165) is 5.56 Å². The monoisotopic (exact) mass is 464 g/mol. The third-order valence-corrected chi connectivity index (χ3v) is 6.35. The first-order chi connectivity index (χ1) is 14.2. The van der Waals surface area contributed by atoms with Gasteiger partial charge in [-0.1, -0.05) is 41.4 Å². The Morgan fingerprint density at radius 3 is 2.37 bits per heavy atom. The summed E-state index contributed by atoms with van der Waals surface area (Å²) in [6, 6.07) is 15.4. The Morgan fingerprint density at radius 2 is 1.67 bits per heavy atom. The maximum Gasteiger partial charge on any atom is 0.261 e. The Hall–Kier alpha value is -2.74. The number of carbonyl (C=O) groups is 1. The molecule has 0 aliphatic rings. The fourth-order valence-corrected chi connectivity index (χ4v) is 4.19. The molecule has 9 heteroatoms. The lowest BCUT2D eigenvalue weighted by molar-refractivity contribution is 0.102. The Labute approximate surface area is 184 Å². The van der Waals surface area contributed by atoms with E-state index in [-0.39, 0.29) is 21.2 Å². The summed E-state index contributed by atoms with van der Waals surface area (Å²) in [4.78, 5) is 12.7. The molecule has 0 saturated heterocycles. The highest BCUT2D eigenvalue weighted by Crippen LogP contribution is 2.31. The van der Waals surface area contributed by atoms with Crippen molar-refractivity contribution >= 4 is 50.5 Å². The molecule has 6 nitrogen and oxygen atoms in total. The molecule has 0 aromatic heterocycles. The van der Waals surface area contributed by atoms with Gasteiger partial charge >= 0.3 is 0 Å². The predicted molar refractivity (Wildman–Crippen MR) is 119 cm³/mol. The Kier molecular flexibility index (Phi) is 6.55. The highest BCUT2D eigenvalue weighted by Gasteiger charge is 2.18. The second-order valence-corrected chi connectivity index (χ2v) is 8.87. The van der Waals surface area contributed by atoms with E-state index in [9.17, 15) is 13.2 Å². The van der Waals surface area contributed by atoms with Crippen molar-refractivity contribution in [2.24, 2.45) is 0 Å². The van der Waals surface area contributed by atoms with Gasteiger partial charge in [0, 0.05) is 16.7 Å². The van der Waals surface area contributed by atoms with Crippen LogP contribution in [0.1, 0.15) is 15.9 Å². The normalized spacial score (nSPS) is 11.1. The summed E-state index contributed by atoms with van der Waals surface area (Å²) in [5.74, 6) is -0.104. The van der Waals surface area contributed by atoms with Crippen LogP contribution in [0.2, 0.25) is 10.0 Å². The number of rotatable bonds is 6. The first kappa shape index (κ1) is 22.0.